The van der Waals surface area contributed by atoms with Gasteiger partial charge in [0.15, 0.2) is 0 Å². The van der Waals surface area contributed by atoms with Crippen LogP contribution in [0.3, 0.4) is 0 Å². The number of ether oxygens (including phenoxy) is 1. The number of hydrogen-bond acceptors (Lipinski definition) is 8. The molecule has 10 heteroatoms. The predicted molar refractivity (Wildman–Crippen MR) is 69.4 cm³/mol. The summed E-state index contributed by atoms with van der Waals surface area (Å²) in [7, 11) is -4.63. The third-order valence-corrected chi connectivity index (χ3v) is 3.78. The first-order valence-electron chi connectivity index (χ1n) is 5.50. The molecule has 3 N–H and O–H groups in total. The average Bonchev–Trinajstić information content (AvgIpc) is 2.67. The van der Waals surface area contributed by atoms with Crippen LogP contribution in [-0.2, 0) is 19.3 Å². The lowest BCUT2D eigenvalue weighted by Crippen LogP contribution is -2.42. The van der Waals surface area contributed by atoms with E-state index in [-0.39, 0.29) is 5.44 Å². The predicted octanol–water partition coefficient (Wildman–Crippen LogP) is -0.576. The summed E-state index contributed by atoms with van der Waals surface area (Å²) >= 11 is 1.32. The molecule has 1 rings (SSSR count). The molecule has 0 fully saturated rings. The van der Waals surface area contributed by atoms with Gasteiger partial charge in [0, 0.05) is 0 Å². The van der Waals surface area contributed by atoms with Crippen LogP contribution in [0.4, 0.5) is 0 Å². The number of hydrogen-bond donors (Lipinski definition) is 3. The van der Waals surface area contributed by atoms with Gasteiger partial charge < -0.3 is 14.9 Å². The molecule has 0 aromatic carbocycles. The van der Waals surface area contributed by atoms with Gasteiger partial charge in [0.05, 0.1) is 24.3 Å². The fourth-order valence-electron chi connectivity index (χ4n) is 1.42. The van der Waals surface area contributed by atoms with Crippen molar-refractivity contribution in [1.82, 2.24) is 0 Å². The van der Waals surface area contributed by atoms with Gasteiger partial charge in [0.2, 0.25) is 0 Å². The van der Waals surface area contributed by atoms with E-state index < -0.39 is 35.3 Å². The SMILES string of the molecule is CC1=NCC(O[C@H](COS(=O)(=O)O)[C@@H](O)[C@@H](C)O)S1. The van der Waals surface area contributed by atoms with Crippen molar-refractivity contribution in [3.8, 4) is 0 Å². The van der Waals surface area contributed by atoms with E-state index in [2.05, 4.69) is 9.18 Å². The Balaban J connectivity index is 2.59. The zero-order valence-corrected chi connectivity index (χ0v) is 12.1. The molecule has 4 atom stereocenters. The molecule has 0 bridgehead atoms. The first-order valence-corrected chi connectivity index (χ1v) is 7.74. The van der Waals surface area contributed by atoms with Gasteiger partial charge in [-0.15, -0.1) is 0 Å². The lowest BCUT2D eigenvalue weighted by Gasteiger charge is -2.26. The van der Waals surface area contributed by atoms with E-state index in [0.29, 0.717) is 6.54 Å². The van der Waals surface area contributed by atoms with Gasteiger partial charge in [-0.3, -0.25) is 9.55 Å². The zero-order valence-electron chi connectivity index (χ0n) is 10.5. The molecule has 0 saturated carbocycles. The van der Waals surface area contributed by atoms with Gasteiger partial charge >= 0.3 is 10.4 Å². The summed E-state index contributed by atoms with van der Waals surface area (Å²) < 4.78 is 39.2. The summed E-state index contributed by atoms with van der Waals surface area (Å²) in [6, 6.07) is 0. The summed E-state index contributed by atoms with van der Waals surface area (Å²) in [6.07, 6.45) is -3.58. The fraction of sp³-hybridized carbons (Fsp3) is 0.889. The van der Waals surface area contributed by atoms with Crippen LogP contribution in [0.5, 0.6) is 0 Å². The maximum atomic E-state index is 10.5. The molecule has 0 aromatic heterocycles. The molecule has 19 heavy (non-hydrogen) atoms. The minimum Gasteiger partial charge on any atom is -0.391 e. The monoisotopic (exact) mass is 315 g/mol. The highest BCUT2D eigenvalue weighted by molar-refractivity contribution is 8.14. The lowest BCUT2D eigenvalue weighted by atomic mass is 10.1. The molecule has 0 radical (unpaired) electrons. The second-order valence-electron chi connectivity index (χ2n) is 4.03. The number of aliphatic imine (C=N–C) groups is 1. The van der Waals surface area contributed by atoms with Crippen molar-refractivity contribution in [1.29, 1.82) is 0 Å². The Labute approximate surface area is 115 Å². The van der Waals surface area contributed by atoms with Crippen molar-refractivity contribution in [3.63, 3.8) is 0 Å². The largest absolute Gasteiger partial charge is 0.397 e. The average molecular weight is 315 g/mol. The van der Waals surface area contributed by atoms with Crippen molar-refractivity contribution < 1.29 is 32.1 Å². The quantitative estimate of drug-likeness (QED) is 0.533. The Bertz CT molecular complexity index is 422. The van der Waals surface area contributed by atoms with E-state index in [4.69, 9.17) is 9.29 Å². The van der Waals surface area contributed by atoms with Crippen LogP contribution in [0.2, 0.25) is 0 Å². The van der Waals surface area contributed by atoms with Gasteiger partial charge in [0.1, 0.15) is 17.6 Å². The van der Waals surface area contributed by atoms with Crippen molar-refractivity contribution in [2.75, 3.05) is 13.2 Å². The van der Waals surface area contributed by atoms with E-state index in [1.165, 1.54) is 18.7 Å². The van der Waals surface area contributed by atoms with Crippen LogP contribution < -0.4 is 0 Å². The second-order valence-corrected chi connectivity index (χ2v) is 6.47. The molecule has 0 saturated heterocycles. The maximum absolute atomic E-state index is 10.5. The third kappa shape index (κ3) is 6.17. The standard InChI is InChI=1S/C9H17NO7S2/c1-5(11)9(12)7(4-16-19(13,14)15)17-8-3-10-6(2)18-8/h5,7-9,11-12H,3-4H2,1-2H3,(H,13,14,15)/t5-,7-,8?,9+/m1/s1. The Hall–Kier alpha value is -0.230. The van der Waals surface area contributed by atoms with E-state index in [1.807, 2.05) is 0 Å². The van der Waals surface area contributed by atoms with Crippen molar-refractivity contribution in [3.05, 3.63) is 0 Å². The minimum atomic E-state index is -4.63. The summed E-state index contributed by atoms with van der Waals surface area (Å²) in [5.41, 5.74) is -0.386. The summed E-state index contributed by atoms with van der Waals surface area (Å²) in [4.78, 5) is 4.09. The Morgan fingerprint density at radius 3 is 2.58 bits per heavy atom. The van der Waals surface area contributed by atoms with E-state index in [9.17, 15) is 18.6 Å². The van der Waals surface area contributed by atoms with Crippen LogP contribution in [0.25, 0.3) is 0 Å². The van der Waals surface area contributed by atoms with Gasteiger partial charge in [-0.05, 0) is 13.8 Å². The lowest BCUT2D eigenvalue weighted by molar-refractivity contribution is -0.103. The van der Waals surface area contributed by atoms with Crippen molar-refractivity contribution >= 4 is 27.2 Å². The highest BCUT2D eigenvalue weighted by Gasteiger charge is 2.30. The minimum absolute atomic E-state index is 0.366. The van der Waals surface area contributed by atoms with Crippen LogP contribution in [0.15, 0.2) is 4.99 Å². The normalized spacial score (nSPS) is 24.9. The number of thioether (sulfide) groups is 1. The first kappa shape index (κ1) is 16.8. The van der Waals surface area contributed by atoms with Crippen LogP contribution >= 0.6 is 11.8 Å². The second kappa shape index (κ2) is 6.97. The summed E-state index contributed by atoms with van der Waals surface area (Å²) in [6.45, 7) is 2.90. The molecule has 8 nitrogen and oxygen atoms in total. The van der Waals surface area contributed by atoms with Crippen LogP contribution in [-0.4, -0.2) is 65.1 Å². The van der Waals surface area contributed by atoms with Gasteiger partial charge in [-0.1, -0.05) is 11.8 Å². The smallest absolute Gasteiger partial charge is 0.391 e. The molecule has 112 valence electrons. The number of rotatable bonds is 7. The van der Waals surface area contributed by atoms with Gasteiger partial charge in [0.25, 0.3) is 0 Å². The topological polar surface area (TPSA) is 126 Å². The maximum Gasteiger partial charge on any atom is 0.397 e. The van der Waals surface area contributed by atoms with Gasteiger partial charge in [-0.2, -0.15) is 8.42 Å². The summed E-state index contributed by atoms with van der Waals surface area (Å²) in [5, 5.41) is 19.9. The zero-order chi connectivity index (χ0) is 14.6. The highest BCUT2D eigenvalue weighted by Crippen LogP contribution is 2.24. The van der Waals surface area contributed by atoms with Crippen LogP contribution in [0, 0.1) is 0 Å². The molecule has 1 aliphatic heterocycles. The Morgan fingerprint density at radius 1 is 1.53 bits per heavy atom. The van der Waals surface area contributed by atoms with Gasteiger partial charge in [-0.25, -0.2) is 4.18 Å². The highest BCUT2D eigenvalue weighted by atomic mass is 32.3. The van der Waals surface area contributed by atoms with Crippen molar-refractivity contribution in [2.24, 2.45) is 4.99 Å². The van der Waals surface area contributed by atoms with E-state index in [0.717, 1.165) is 5.04 Å². The van der Waals surface area contributed by atoms with E-state index in [1.54, 1.807) is 6.92 Å². The molecule has 0 aromatic rings. The Morgan fingerprint density at radius 2 is 2.16 bits per heavy atom. The molecule has 0 amide bonds. The van der Waals surface area contributed by atoms with Crippen LogP contribution in [0.1, 0.15) is 13.8 Å². The Kier molecular flexibility index (Phi) is 6.17. The van der Waals surface area contributed by atoms with E-state index >= 15 is 0 Å². The number of aliphatic hydroxyl groups excluding tert-OH is 2. The molecule has 1 heterocycles. The molecule has 0 aliphatic carbocycles. The fourth-order valence-corrected chi connectivity index (χ4v) is 2.60. The number of nitrogens with zero attached hydrogens (tertiary/aromatic N) is 1. The summed E-state index contributed by atoms with van der Waals surface area (Å²) in [5.74, 6) is 0. The molecule has 0 spiro atoms. The van der Waals surface area contributed by atoms with Crippen molar-refractivity contribution in [2.45, 2.75) is 37.6 Å². The third-order valence-electron chi connectivity index (χ3n) is 2.35. The molecule has 1 aliphatic rings. The molecular formula is C9H17NO7S2. The first-order chi connectivity index (χ1) is 8.69. The number of aliphatic hydroxyl groups is 2. The molecular weight excluding hydrogens is 298 g/mol. The molecule has 1 unspecified atom stereocenters.